The van der Waals surface area contributed by atoms with E-state index in [1.54, 1.807) is 6.92 Å². The average Bonchev–Trinajstić information content (AvgIpc) is 2.27. The van der Waals surface area contributed by atoms with E-state index in [1.165, 1.54) is 12.1 Å². The molecule has 0 unspecified atom stereocenters. The van der Waals surface area contributed by atoms with Gasteiger partial charge in [0.25, 0.3) is 5.78 Å². The topological polar surface area (TPSA) is 63.6 Å². The summed E-state index contributed by atoms with van der Waals surface area (Å²) < 4.78 is 4.63. The number of fused-ring (bicyclic) bond motifs is 1. The minimum Gasteiger partial charge on any atom is -0.508 e. The highest BCUT2D eigenvalue weighted by molar-refractivity contribution is 6.44. The Morgan fingerprint density at radius 3 is 2.69 bits per heavy atom. The number of Topliss-reactive ketones (excluding diaryl/α,β-unsaturated/α-hetero) is 1. The Balaban J connectivity index is 2.71. The number of phenolic OH excluding ortho intramolecular Hbond substituents is 1. The molecule has 0 radical (unpaired) electrons. The highest BCUT2D eigenvalue weighted by Gasteiger charge is 2.32. The lowest BCUT2D eigenvalue weighted by molar-refractivity contribution is -0.128. The number of benzene rings is 1. The fraction of sp³-hybridized carbons (Fsp3) is 0.111. The van der Waals surface area contributed by atoms with Crippen LogP contribution in [-0.2, 0) is 4.79 Å². The Hall–Kier alpha value is -1.84. The molecule has 0 bridgehead atoms. The van der Waals surface area contributed by atoms with E-state index in [2.05, 4.69) is 4.74 Å². The van der Waals surface area contributed by atoms with Gasteiger partial charge in [0, 0.05) is 6.07 Å². The molecular weight excluding hydrogens is 172 g/mol. The van der Waals surface area contributed by atoms with Crippen LogP contribution in [0, 0.1) is 6.92 Å². The van der Waals surface area contributed by atoms with Crippen molar-refractivity contribution in [3.63, 3.8) is 0 Å². The van der Waals surface area contributed by atoms with Crippen molar-refractivity contribution in [2.24, 2.45) is 0 Å². The van der Waals surface area contributed by atoms with Crippen LogP contribution in [-0.4, -0.2) is 16.9 Å². The molecule has 66 valence electrons. The fourth-order valence-corrected chi connectivity index (χ4v) is 1.36. The smallest absolute Gasteiger partial charge is 0.385 e. The Morgan fingerprint density at radius 1 is 1.31 bits per heavy atom. The lowest BCUT2D eigenvalue weighted by Crippen LogP contribution is -2.10. The molecule has 0 fully saturated rings. The van der Waals surface area contributed by atoms with E-state index < -0.39 is 11.8 Å². The molecule has 1 aromatic carbocycles. The number of aromatic hydroxyl groups is 1. The highest BCUT2D eigenvalue weighted by atomic mass is 16.5. The van der Waals surface area contributed by atoms with Crippen LogP contribution >= 0.6 is 0 Å². The molecule has 13 heavy (non-hydrogen) atoms. The van der Waals surface area contributed by atoms with Gasteiger partial charge in [-0.05, 0) is 18.6 Å². The highest BCUT2D eigenvalue weighted by Crippen LogP contribution is 2.32. The van der Waals surface area contributed by atoms with Gasteiger partial charge in [0.15, 0.2) is 0 Å². The van der Waals surface area contributed by atoms with E-state index in [0.717, 1.165) is 0 Å². The van der Waals surface area contributed by atoms with E-state index >= 15 is 0 Å². The summed E-state index contributed by atoms with van der Waals surface area (Å²) in [6, 6.07) is 2.67. The molecule has 0 aromatic heterocycles. The SMILES string of the molecule is Cc1cc(O)cc2c1C(=O)C(=O)O2. The maximum atomic E-state index is 11.2. The molecule has 1 N–H and O–H groups in total. The summed E-state index contributed by atoms with van der Waals surface area (Å²) in [5, 5.41) is 9.15. The molecule has 1 aliphatic heterocycles. The molecule has 1 aromatic rings. The standard InChI is InChI=1S/C9H6O4/c1-4-2-5(10)3-6-7(4)8(11)9(12)13-6/h2-3,10H,1H3. The second kappa shape index (κ2) is 2.32. The minimum atomic E-state index is -0.885. The molecular formula is C9H6O4. The zero-order valence-electron chi connectivity index (χ0n) is 6.83. The van der Waals surface area contributed by atoms with Crippen molar-refractivity contribution in [1.29, 1.82) is 0 Å². The van der Waals surface area contributed by atoms with Crippen LogP contribution in [0.2, 0.25) is 0 Å². The van der Waals surface area contributed by atoms with Crippen LogP contribution in [0.5, 0.6) is 11.5 Å². The number of rotatable bonds is 0. The number of hydrogen-bond acceptors (Lipinski definition) is 4. The van der Waals surface area contributed by atoms with Crippen molar-refractivity contribution in [2.45, 2.75) is 6.92 Å². The molecule has 4 heteroatoms. The van der Waals surface area contributed by atoms with Gasteiger partial charge in [0.1, 0.15) is 11.5 Å². The number of carbonyl (C=O) groups excluding carboxylic acids is 2. The van der Waals surface area contributed by atoms with Gasteiger partial charge in [-0.3, -0.25) is 4.79 Å². The molecule has 0 aliphatic carbocycles. The van der Waals surface area contributed by atoms with Crippen LogP contribution in [0.15, 0.2) is 12.1 Å². The van der Waals surface area contributed by atoms with Crippen LogP contribution in [0.4, 0.5) is 0 Å². The second-order valence-electron chi connectivity index (χ2n) is 2.85. The third kappa shape index (κ3) is 0.989. The summed E-state index contributed by atoms with van der Waals surface area (Å²) in [7, 11) is 0. The first-order valence-electron chi connectivity index (χ1n) is 3.69. The molecule has 1 aliphatic rings. The number of hydrogen-bond donors (Lipinski definition) is 1. The molecule has 1 heterocycles. The monoisotopic (exact) mass is 178 g/mol. The summed E-state index contributed by atoms with van der Waals surface area (Å²) in [6.07, 6.45) is 0. The van der Waals surface area contributed by atoms with Gasteiger partial charge in [-0.15, -0.1) is 0 Å². The Kier molecular flexibility index (Phi) is 1.39. The van der Waals surface area contributed by atoms with Gasteiger partial charge in [0.2, 0.25) is 0 Å². The van der Waals surface area contributed by atoms with Crippen molar-refractivity contribution in [3.05, 3.63) is 23.3 Å². The zero-order valence-corrected chi connectivity index (χ0v) is 6.83. The maximum absolute atomic E-state index is 11.2. The maximum Gasteiger partial charge on any atom is 0.385 e. The predicted octanol–water partition coefficient (Wildman–Crippen LogP) is 0.802. The molecule has 0 saturated heterocycles. The molecule has 0 atom stereocenters. The summed E-state index contributed by atoms with van der Waals surface area (Å²) in [5.41, 5.74) is 0.800. The van der Waals surface area contributed by atoms with E-state index in [-0.39, 0.29) is 17.1 Å². The van der Waals surface area contributed by atoms with Crippen LogP contribution in [0.1, 0.15) is 15.9 Å². The normalized spacial score (nSPS) is 14.2. The van der Waals surface area contributed by atoms with Crippen molar-refractivity contribution < 1.29 is 19.4 Å². The van der Waals surface area contributed by atoms with Gasteiger partial charge < -0.3 is 9.84 Å². The summed E-state index contributed by atoms with van der Waals surface area (Å²) in [6.45, 7) is 1.64. The van der Waals surface area contributed by atoms with Gasteiger partial charge in [-0.2, -0.15) is 0 Å². The molecule has 0 spiro atoms. The number of carbonyl (C=O) groups is 2. The zero-order chi connectivity index (χ0) is 9.59. The van der Waals surface area contributed by atoms with Gasteiger partial charge in [-0.25, -0.2) is 4.79 Å². The van der Waals surface area contributed by atoms with E-state index in [0.29, 0.717) is 5.56 Å². The van der Waals surface area contributed by atoms with Crippen molar-refractivity contribution in [2.75, 3.05) is 0 Å². The Morgan fingerprint density at radius 2 is 2.00 bits per heavy atom. The lowest BCUT2D eigenvalue weighted by Gasteiger charge is -1.99. The fourth-order valence-electron chi connectivity index (χ4n) is 1.36. The number of phenols is 1. The first-order valence-corrected chi connectivity index (χ1v) is 3.69. The number of aryl methyl sites for hydroxylation is 1. The summed E-state index contributed by atoms with van der Waals surface area (Å²) >= 11 is 0. The number of esters is 1. The first-order chi connectivity index (χ1) is 6.09. The Bertz CT molecular complexity index is 420. The quantitative estimate of drug-likeness (QED) is 0.362. The Labute approximate surface area is 73.8 Å². The first kappa shape index (κ1) is 7.79. The number of ether oxygens (including phenoxy) is 1. The third-order valence-electron chi connectivity index (χ3n) is 1.90. The van der Waals surface area contributed by atoms with Gasteiger partial charge >= 0.3 is 5.97 Å². The molecule has 0 amide bonds. The molecule has 4 nitrogen and oxygen atoms in total. The van der Waals surface area contributed by atoms with Crippen molar-refractivity contribution in [3.8, 4) is 11.5 Å². The lowest BCUT2D eigenvalue weighted by atomic mass is 10.1. The third-order valence-corrected chi connectivity index (χ3v) is 1.90. The van der Waals surface area contributed by atoms with Crippen LogP contribution in [0.25, 0.3) is 0 Å². The second-order valence-corrected chi connectivity index (χ2v) is 2.85. The number of ketones is 1. The predicted molar refractivity (Wildman–Crippen MR) is 42.8 cm³/mol. The summed E-state index contributed by atoms with van der Waals surface area (Å²) in [4.78, 5) is 22.0. The largest absolute Gasteiger partial charge is 0.508 e. The van der Waals surface area contributed by atoms with Crippen molar-refractivity contribution in [1.82, 2.24) is 0 Å². The minimum absolute atomic E-state index is 0.0150. The van der Waals surface area contributed by atoms with Crippen LogP contribution in [0.3, 0.4) is 0 Å². The van der Waals surface area contributed by atoms with Gasteiger partial charge in [-0.1, -0.05) is 0 Å². The van der Waals surface area contributed by atoms with E-state index in [4.69, 9.17) is 5.11 Å². The van der Waals surface area contributed by atoms with E-state index in [1.807, 2.05) is 0 Å². The average molecular weight is 178 g/mol. The molecule has 2 rings (SSSR count). The van der Waals surface area contributed by atoms with Crippen LogP contribution < -0.4 is 4.74 Å². The summed E-state index contributed by atoms with van der Waals surface area (Å²) in [5.74, 6) is -1.40. The molecule has 0 saturated carbocycles. The van der Waals surface area contributed by atoms with Crippen molar-refractivity contribution >= 4 is 11.8 Å². The van der Waals surface area contributed by atoms with Gasteiger partial charge in [0.05, 0.1) is 5.56 Å². The van der Waals surface area contributed by atoms with E-state index in [9.17, 15) is 9.59 Å².